The molecule has 1 N–H and O–H groups in total. The number of carbonyl (C=O) groups excluding carboxylic acids is 1. The van der Waals surface area contributed by atoms with Gasteiger partial charge in [-0.05, 0) is 17.2 Å². The fraction of sp³-hybridized carbons (Fsp3) is 0.222. The molecule has 3 aromatic rings. The van der Waals surface area contributed by atoms with Crippen molar-refractivity contribution in [1.82, 2.24) is 24.6 Å². The van der Waals surface area contributed by atoms with Gasteiger partial charge in [-0.3, -0.25) is 18.8 Å². The Balaban J connectivity index is 1.39. The average Bonchev–Trinajstić information content (AvgIpc) is 3.33. The number of hydrogen-bond donors (Lipinski definition) is 1. The Labute approximate surface area is 154 Å². The van der Waals surface area contributed by atoms with Crippen LogP contribution in [0.5, 0.6) is 0 Å². The van der Waals surface area contributed by atoms with Crippen molar-refractivity contribution in [3.63, 3.8) is 0 Å². The van der Waals surface area contributed by atoms with Gasteiger partial charge in [0.2, 0.25) is 0 Å². The van der Waals surface area contributed by atoms with Crippen LogP contribution in [0.2, 0.25) is 0 Å². The van der Waals surface area contributed by atoms with Crippen molar-refractivity contribution in [2.24, 2.45) is 0 Å². The van der Waals surface area contributed by atoms with Crippen LogP contribution in [0.3, 0.4) is 0 Å². The molecule has 1 aliphatic rings. The maximum Gasteiger partial charge on any atom is 0.267 e. The van der Waals surface area contributed by atoms with E-state index in [-0.39, 0.29) is 11.1 Å². The second kappa shape index (κ2) is 7.17. The maximum atomic E-state index is 12.4. The molecule has 1 aromatic carbocycles. The molecule has 0 radical (unpaired) electrons. The van der Waals surface area contributed by atoms with Crippen LogP contribution in [0.15, 0.2) is 58.9 Å². The molecule has 2 aromatic heterocycles. The summed E-state index contributed by atoms with van der Waals surface area (Å²) in [6.45, 7) is 1.66. The summed E-state index contributed by atoms with van der Waals surface area (Å²) in [5, 5.41) is 7.66. The Kier molecular flexibility index (Phi) is 4.57. The van der Waals surface area contributed by atoms with Gasteiger partial charge < -0.3 is 5.32 Å². The van der Waals surface area contributed by atoms with E-state index < -0.39 is 5.91 Å². The van der Waals surface area contributed by atoms with Gasteiger partial charge in [0.05, 0.1) is 6.54 Å². The summed E-state index contributed by atoms with van der Waals surface area (Å²) in [5.41, 5.74) is 1.91. The van der Waals surface area contributed by atoms with Crippen LogP contribution in [0.4, 0.5) is 0 Å². The molecule has 4 rings (SSSR count). The van der Waals surface area contributed by atoms with Gasteiger partial charge in [0.1, 0.15) is 5.56 Å². The Bertz CT molecular complexity index is 980. The van der Waals surface area contributed by atoms with Gasteiger partial charge in [0.15, 0.2) is 5.16 Å². The van der Waals surface area contributed by atoms with Crippen LogP contribution in [0.1, 0.15) is 21.5 Å². The topological polar surface area (TPSA) is 81.8 Å². The minimum atomic E-state index is -0.393. The fourth-order valence-corrected chi connectivity index (χ4v) is 3.71. The minimum absolute atomic E-state index is 0.0894. The van der Waals surface area contributed by atoms with Gasteiger partial charge in [0.25, 0.3) is 11.5 Å². The Hall–Kier alpha value is -2.87. The zero-order valence-electron chi connectivity index (χ0n) is 14.0. The second-order valence-corrected chi connectivity index (χ2v) is 7.02. The lowest BCUT2D eigenvalue weighted by Crippen LogP contribution is -2.33. The van der Waals surface area contributed by atoms with Crippen molar-refractivity contribution in [2.75, 3.05) is 5.75 Å². The molecule has 0 spiro atoms. The number of rotatable bonds is 5. The van der Waals surface area contributed by atoms with Gasteiger partial charge in [-0.15, -0.1) is 0 Å². The number of nitrogens with one attached hydrogen (secondary N) is 1. The molecule has 132 valence electrons. The summed E-state index contributed by atoms with van der Waals surface area (Å²) in [7, 11) is 0. The molecule has 7 nitrogen and oxygen atoms in total. The third kappa shape index (κ3) is 3.41. The van der Waals surface area contributed by atoms with E-state index in [0.717, 1.165) is 16.9 Å². The first-order valence-electron chi connectivity index (χ1n) is 8.27. The zero-order chi connectivity index (χ0) is 17.9. The van der Waals surface area contributed by atoms with Crippen LogP contribution < -0.4 is 10.9 Å². The highest BCUT2D eigenvalue weighted by atomic mass is 32.2. The normalized spacial score (nSPS) is 12.8. The lowest BCUT2D eigenvalue weighted by molar-refractivity contribution is 0.0948. The van der Waals surface area contributed by atoms with Crippen molar-refractivity contribution in [1.29, 1.82) is 0 Å². The Morgan fingerprint density at radius 3 is 2.81 bits per heavy atom. The summed E-state index contributed by atoms with van der Waals surface area (Å²) in [6, 6.07) is 9.82. The van der Waals surface area contributed by atoms with Crippen LogP contribution in [0.25, 0.3) is 0 Å². The molecule has 3 heterocycles. The summed E-state index contributed by atoms with van der Waals surface area (Å²) in [6.07, 6.45) is 5.03. The quantitative estimate of drug-likeness (QED) is 0.692. The van der Waals surface area contributed by atoms with E-state index in [2.05, 4.69) is 15.4 Å². The molecule has 0 saturated heterocycles. The number of thioether (sulfide) groups is 1. The fourth-order valence-electron chi connectivity index (χ4n) is 2.79. The molecule has 0 unspecified atom stereocenters. The van der Waals surface area contributed by atoms with E-state index in [0.29, 0.717) is 24.8 Å². The smallest absolute Gasteiger partial charge is 0.267 e. The predicted octanol–water partition coefficient (Wildman–Crippen LogP) is 1.52. The number of aromatic nitrogens is 4. The lowest BCUT2D eigenvalue weighted by Gasteiger charge is -2.08. The number of amides is 1. The van der Waals surface area contributed by atoms with Crippen molar-refractivity contribution < 1.29 is 4.79 Å². The van der Waals surface area contributed by atoms with E-state index in [4.69, 9.17) is 0 Å². The summed E-state index contributed by atoms with van der Waals surface area (Å²) >= 11 is 1.53. The lowest BCUT2D eigenvalue weighted by atomic mass is 10.1. The van der Waals surface area contributed by atoms with E-state index in [1.807, 2.05) is 41.2 Å². The van der Waals surface area contributed by atoms with Crippen molar-refractivity contribution in [3.05, 3.63) is 76.0 Å². The molecule has 0 bridgehead atoms. The molecule has 0 saturated carbocycles. The van der Waals surface area contributed by atoms with Gasteiger partial charge >= 0.3 is 0 Å². The number of carbonyl (C=O) groups is 1. The highest BCUT2D eigenvalue weighted by molar-refractivity contribution is 7.99. The van der Waals surface area contributed by atoms with Gasteiger partial charge in [-0.25, -0.2) is 4.98 Å². The standard InChI is InChI=1S/C18H17N5O2S/c24-16(15-11-20-18-23(17(15)25)8-9-26-18)19-10-13-2-4-14(5-3-13)12-22-7-1-6-21-22/h1-7,11H,8-10,12H2,(H,19,24). The third-order valence-corrected chi connectivity index (χ3v) is 5.15. The molecule has 0 fully saturated rings. The third-order valence-electron chi connectivity index (χ3n) is 4.18. The first kappa shape index (κ1) is 16.6. The van der Waals surface area contributed by atoms with Crippen molar-refractivity contribution >= 4 is 17.7 Å². The molecule has 8 heteroatoms. The van der Waals surface area contributed by atoms with Crippen LogP contribution in [-0.2, 0) is 19.6 Å². The van der Waals surface area contributed by atoms with Crippen molar-refractivity contribution in [2.45, 2.75) is 24.8 Å². The summed E-state index contributed by atoms with van der Waals surface area (Å²) in [4.78, 5) is 28.9. The largest absolute Gasteiger partial charge is 0.348 e. The van der Waals surface area contributed by atoms with E-state index in [1.54, 1.807) is 10.8 Å². The monoisotopic (exact) mass is 367 g/mol. The Morgan fingerprint density at radius 1 is 1.23 bits per heavy atom. The van der Waals surface area contributed by atoms with Crippen LogP contribution in [-0.4, -0.2) is 31.0 Å². The first-order chi connectivity index (χ1) is 12.7. The van der Waals surface area contributed by atoms with Crippen LogP contribution >= 0.6 is 11.8 Å². The molecular weight excluding hydrogens is 350 g/mol. The minimum Gasteiger partial charge on any atom is -0.348 e. The summed E-state index contributed by atoms with van der Waals surface area (Å²) in [5.74, 6) is 0.424. The molecular formula is C18H17N5O2S. The number of hydrogen-bond acceptors (Lipinski definition) is 5. The number of nitrogens with zero attached hydrogens (tertiary/aromatic N) is 4. The number of fused-ring (bicyclic) bond motifs is 1. The molecule has 1 amide bonds. The number of benzene rings is 1. The predicted molar refractivity (Wildman–Crippen MR) is 98.2 cm³/mol. The summed E-state index contributed by atoms with van der Waals surface area (Å²) < 4.78 is 3.41. The van der Waals surface area contributed by atoms with Gasteiger partial charge in [-0.1, -0.05) is 36.0 Å². The molecule has 1 aliphatic heterocycles. The molecule has 26 heavy (non-hydrogen) atoms. The molecule has 0 aliphatic carbocycles. The van der Waals surface area contributed by atoms with Crippen LogP contribution in [0, 0.1) is 0 Å². The van der Waals surface area contributed by atoms with Gasteiger partial charge in [-0.2, -0.15) is 5.10 Å². The highest BCUT2D eigenvalue weighted by Gasteiger charge is 2.19. The maximum absolute atomic E-state index is 12.4. The zero-order valence-corrected chi connectivity index (χ0v) is 14.8. The van der Waals surface area contributed by atoms with E-state index in [9.17, 15) is 9.59 Å². The SMILES string of the molecule is O=C(NCc1ccc(Cn2cccn2)cc1)c1cnc2n(c1=O)CCS2. The van der Waals surface area contributed by atoms with Crippen molar-refractivity contribution in [3.8, 4) is 0 Å². The van der Waals surface area contributed by atoms with E-state index >= 15 is 0 Å². The molecule has 0 atom stereocenters. The van der Waals surface area contributed by atoms with Gasteiger partial charge in [0, 0.05) is 37.4 Å². The average molecular weight is 367 g/mol. The Morgan fingerprint density at radius 2 is 2.04 bits per heavy atom. The second-order valence-electron chi connectivity index (χ2n) is 5.96. The highest BCUT2D eigenvalue weighted by Crippen LogP contribution is 2.20. The first-order valence-corrected chi connectivity index (χ1v) is 9.25. The van der Waals surface area contributed by atoms with E-state index in [1.165, 1.54) is 18.0 Å².